The summed E-state index contributed by atoms with van der Waals surface area (Å²) in [4.78, 5) is 10.3. The molecule has 1 rings (SSSR count). The number of hydrogen-bond acceptors (Lipinski definition) is 4. The highest BCUT2D eigenvalue weighted by atomic mass is 16.6. The fraction of sp³-hybridized carbons (Fsp3) is 0.944. The Morgan fingerprint density at radius 3 is 2.00 bits per heavy atom. The molecule has 1 saturated heterocycles. The predicted molar refractivity (Wildman–Crippen MR) is 85.4 cm³/mol. The summed E-state index contributed by atoms with van der Waals surface area (Å²) in [6.07, 6.45) is 14.4. The predicted octanol–water partition coefficient (Wildman–Crippen LogP) is 2.96. The third kappa shape index (κ3) is 11.0. The molecule has 0 aromatic heterocycles. The summed E-state index contributed by atoms with van der Waals surface area (Å²) < 4.78 is 5.69. The summed E-state index contributed by atoms with van der Waals surface area (Å²) in [6, 6.07) is 0. The maximum atomic E-state index is 10.3. The molecule has 0 aromatic carbocycles. The molecule has 4 heteroatoms. The number of carbonyl (C=O) groups excluding carboxylic acids is 1. The molecule has 3 unspecified atom stereocenters. The van der Waals surface area contributed by atoms with Crippen molar-refractivity contribution < 1.29 is 19.7 Å². The maximum Gasteiger partial charge on any atom is 0.0841 e. The van der Waals surface area contributed by atoms with Crippen LogP contribution in [0.5, 0.6) is 0 Å². The minimum Gasteiger partial charge on any atom is -0.550 e. The minimum atomic E-state index is -0.930. The number of aliphatic hydroxyl groups is 1. The van der Waals surface area contributed by atoms with E-state index in [2.05, 4.69) is 0 Å². The van der Waals surface area contributed by atoms with Crippen LogP contribution in [-0.2, 0) is 9.53 Å². The van der Waals surface area contributed by atoms with E-state index >= 15 is 0 Å². The van der Waals surface area contributed by atoms with Gasteiger partial charge in [0.1, 0.15) is 0 Å². The summed E-state index contributed by atoms with van der Waals surface area (Å²) >= 11 is 0. The Bertz CT molecular complexity index is 291. The van der Waals surface area contributed by atoms with E-state index in [1.165, 1.54) is 38.5 Å². The van der Waals surface area contributed by atoms with Gasteiger partial charge in [-0.25, -0.2) is 0 Å². The lowest BCUT2D eigenvalue weighted by atomic mass is 10.0. The van der Waals surface area contributed by atoms with E-state index in [0.717, 1.165) is 38.5 Å². The van der Waals surface area contributed by atoms with Gasteiger partial charge >= 0.3 is 0 Å². The number of rotatable bonds is 15. The number of carboxylic acid groups (broad SMARTS) is 1. The number of aliphatic hydroxyl groups excluding tert-OH is 1. The van der Waals surface area contributed by atoms with Crippen LogP contribution >= 0.6 is 0 Å². The zero-order valence-corrected chi connectivity index (χ0v) is 14.1. The molecule has 1 heterocycles. The Labute approximate surface area is 135 Å². The lowest BCUT2D eigenvalue weighted by Gasteiger charge is -2.03. The molecule has 1 aliphatic rings. The van der Waals surface area contributed by atoms with Crippen molar-refractivity contribution in [1.82, 2.24) is 0 Å². The summed E-state index contributed by atoms with van der Waals surface area (Å²) in [7, 11) is 0. The van der Waals surface area contributed by atoms with Gasteiger partial charge in [-0.05, 0) is 39.0 Å². The first-order valence-corrected chi connectivity index (χ1v) is 9.13. The number of hydrogen-bond donors (Lipinski definition) is 1. The van der Waals surface area contributed by atoms with E-state index in [1.807, 2.05) is 6.92 Å². The van der Waals surface area contributed by atoms with Gasteiger partial charge in [0.05, 0.1) is 18.3 Å². The second-order valence-corrected chi connectivity index (χ2v) is 6.73. The molecular weight excluding hydrogens is 280 g/mol. The Kier molecular flexibility index (Phi) is 10.5. The van der Waals surface area contributed by atoms with Crippen LogP contribution in [0.3, 0.4) is 0 Å². The zero-order chi connectivity index (χ0) is 16.2. The van der Waals surface area contributed by atoms with Crippen LogP contribution in [0.2, 0.25) is 0 Å². The van der Waals surface area contributed by atoms with Crippen molar-refractivity contribution in [3.63, 3.8) is 0 Å². The van der Waals surface area contributed by atoms with Crippen LogP contribution in [0, 0.1) is 0 Å². The molecule has 1 fully saturated rings. The van der Waals surface area contributed by atoms with Gasteiger partial charge in [0.15, 0.2) is 0 Å². The van der Waals surface area contributed by atoms with Crippen LogP contribution in [0.4, 0.5) is 0 Å². The van der Waals surface area contributed by atoms with E-state index in [4.69, 9.17) is 9.84 Å². The van der Waals surface area contributed by atoms with E-state index < -0.39 is 5.97 Å². The third-order valence-corrected chi connectivity index (χ3v) is 4.42. The van der Waals surface area contributed by atoms with Crippen molar-refractivity contribution >= 4 is 5.97 Å². The van der Waals surface area contributed by atoms with Gasteiger partial charge in [-0.1, -0.05) is 51.4 Å². The molecule has 0 aromatic rings. The molecule has 0 saturated carbocycles. The van der Waals surface area contributed by atoms with Gasteiger partial charge in [-0.15, -0.1) is 0 Å². The summed E-state index contributed by atoms with van der Waals surface area (Å²) in [5.41, 5.74) is 0. The van der Waals surface area contributed by atoms with Crippen LogP contribution in [-0.4, -0.2) is 29.4 Å². The number of unbranched alkanes of at least 4 members (excludes halogenated alkanes) is 7. The van der Waals surface area contributed by atoms with Crippen molar-refractivity contribution in [2.24, 2.45) is 0 Å². The Balaban J connectivity index is 1.78. The monoisotopic (exact) mass is 313 g/mol. The van der Waals surface area contributed by atoms with Gasteiger partial charge < -0.3 is 19.7 Å². The highest BCUT2D eigenvalue weighted by Crippen LogP contribution is 2.31. The maximum absolute atomic E-state index is 10.3. The first-order valence-electron chi connectivity index (χ1n) is 9.13. The summed E-state index contributed by atoms with van der Waals surface area (Å²) in [5, 5.41) is 19.4. The molecule has 1 N–H and O–H groups in total. The zero-order valence-electron chi connectivity index (χ0n) is 14.1. The first kappa shape index (κ1) is 19.4. The molecule has 0 bridgehead atoms. The number of carbonyl (C=O) groups is 1. The van der Waals surface area contributed by atoms with Crippen LogP contribution in [0.25, 0.3) is 0 Å². The average Bonchev–Trinajstić information content (AvgIpc) is 3.19. The van der Waals surface area contributed by atoms with E-state index in [0.29, 0.717) is 12.2 Å². The highest BCUT2D eigenvalue weighted by molar-refractivity contribution is 5.63. The number of aliphatic carboxylic acids is 1. The van der Waals surface area contributed by atoms with E-state index in [1.54, 1.807) is 0 Å². The molecule has 1 aliphatic heterocycles. The minimum absolute atomic E-state index is 0.156. The molecule has 0 radical (unpaired) electrons. The number of carboxylic acids is 1. The fourth-order valence-corrected chi connectivity index (χ4v) is 2.97. The van der Waals surface area contributed by atoms with Crippen molar-refractivity contribution in [3.05, 3.63) is 0 Å². The number of ether oxygens (including phenoxy) is 1. The van der Waals surface area contributed by atoms with Gasteiger partial charge in [0, 0.05) is 5.97 Å². The lowest BCUT2D eigenvalue weighted by molar-refractivity contribution is -0.305. The molecule has 3 atom stereocenters. The van der Waals surface area contributed by atoms with Gasteiger partial charge in [-0.3, -0.25) is 0 Å². The number of epoxide rings is 1. The van der Waals surface area contributed by atoms with Crippen molar-refractivity contribution in [2.45, 2.75) is 109 Å². The van der Waals surface area contributed by atoms with Crippen molar-refractivity contribution in [3.8, 4) is 0 Å². The van der Waals surface area contributed by atoms with Gasteiger partial charge in [0.25, 0.3) is 0 Å². The third-order valence-electron chi connectivity index (χ3n) is 4.42. The highest BCUT2D eigenvalue weighted by Gasteiger charge is 2.36. The molecule has 22 heavy (non-hydrogen) atoms. The van der Waals surface area contributed by atoms with Crippen LogP contribution < -0.4 is 5.11 Å². The summed E-state index contributed by atoms with van der Waals surface area (Å²) in [5.74, 6) is -0.930. The fourth-order valence-electron chi connectivity index (χ4n) is 2.97. The molecule has 0 spiro atoms. The molecule has 0 amide bonds. The quantitative estimate of drug-likeness (QED) is 0.373. The Morgan fingerprint density at radius 1 is 0.955 bits per heavy atom. The smallest absolute Gasteiger partial charge is 0.0841 e. The van der Waals surface area contributed by atoms with E-state index in [-0.39, 0.29) is 12.5 Å². The largest absolute Gasteiger partial charge is 0.550 e. The normalized spacial score (nSPS) is 21.7. The van der Waals surface area contributed by atoms with Gasteiger partial charge in [0.2, 0.25) is 0 Å². The summed E-state index contributed by atoms with van der Waals surface area (Å²) in [6.45, 7) is 1.85. The van der Waals surface area contributed by atoms with E-state index in [9.17, 15) is 9.90 Å². The molecule has 4 nitrogen and oxygen atoms in total. The van der Waals surface area contributed by atoms with Crippen molar-refractivity contribution in [1.29, 1.82) is 0 Å². The van der Waals surface area contributed by atoms with Crippen LogP contribution in [0.15, 0.2) is 0 Å². The molecule has 130 valence electrons. The SMILES string of the molecule is CC(O)CCCCCCC1OC1CCCCCCCC(=O)[O-]. The second kappa shape index (κ2) is 11.9. The topological polar surface area (TPSA) is 72.9 Å². The van der Waals surface area contributed by atoms with Crippen molar-refractivity contribution in [2.75, 3.05) is 0 Å². The molecule has 0 aliphatic carbocycles. The standard InChI is InChI=1S/C18H34O4/c1-15(19)11-7-5-6-9-13-17-16(22-17)12-8-3-2-4-10-14-18(20)21/h15-17,19H,2-14H2,1H3,(H,20,21)/p-1. The van der Waals surface area contributed by atoms with Crippen LogP contribution in [0.1, 0.15) is 90.4 Å². The average molecular weight is 313 g/mol. The first-order chi connectivity index (χ1) is 10.6. The molecular formula is C18H33O4-. The lowest BCUT2D eigenvalue weighted by Crippen LogP contribution is -2.21. The van der Waals surface area contributed by atoms with Gasteiger partial charge in [-0.2, -0.15) is 0 Å². The Morgan fingerprint density at radius 2 is 1.45 bits per heavy atom. The second-order valence-electron chi connectivity index (χ2n) is 6.73. The Hall–Kier alpha value is -0.610.